The van der Waals surface area contributed by atoms with Crippen LogP contribution in [0, 0.1) is 19.7 Å². The number of anilines is 1. The van der Waals surface area contributed by atoms with Gasteiger partial charge in [-0.1, -0.05) is 12.1 Å². The number of alkyl halides is 1. The van der Waals surface area contributed by atoms with Gasteiger partial charge in [0.05, 0.1) is 18.3 Å². The molecule has 2 aromatic rings. The molecule has 0 saturated carbocycles. The van der Waals surface area contributed by atoms with Crippen molar-refractivity contribution >= 4 is 11.7 Å². The number of amides is 1. The topological polar surface area (TPSA) is 58.1 Å². The highest BCUT2D eigenvalue weighted by molar-refractivity contribution is 5.73. The van der Waals surface area contributed by atoms with Crippen LogP contribution >= 0.6 is 0 Å². The zero-order chi connectivity index (χ0) is 18.8. The Morgan fingerprint density at radius 2 is 2.04 bits per heavy atom. The van der Waals surface area contributed by atoms with E-state index < -0.39 is 12.2 Å². The van der Waals surface area contributed by atoms with Crippen molar-refractivity contribution in [2.45, 2.75) is 39.4 Å². The first-order valence-corrected chi connectivity index (χ1v) is 8.62. The lowest BCUT2D eigenvalue weighted by molar-refractivity contribution is -0.120. The zero-order valence-electron chi connectivity index (χ0n) is 15.1. The minimum absolute atomic E-state index is 0.142. The van der Waals surface area contributed by atoms with Crippen LogP contribution in [0.15, 0.2) is 24.3 Å². The number of piperidine rings is 1. The van der Waals surface area contributed by atoms with E-state index in [1.54, 1.807) is 26.0 Å². The molecule has 2 heterocycles. The van der Waals surface area contributed by atoms with Gasteiger partial charge in [-0.05, 0) is 31.9 Å². The second-order valence-corrected chi connectivity index (χ2v) is 6.68. The molecule has 1 aliphatic heterocycles. The maximum absolute atomic E-state index is 14.4. The smallest absolute Gasteiger partial charge is 0.217 e. The van der Waals surface area contributed by atoms with Crippen molar-refractivity contribution in [2.75, 3.05) is 18.0 Å². The van der Waals surface area contributed by atoms with Crippen molar-refractivity contribution in [3.63, 3.8) is 0 Å². The molecule has 138 valence electrons. The van der Waals surface area contributed by atoms with Gasteiger partial charge in [0.15, 0.2) is 0 Å². The average molecular weight is 360 g/mol. The molecule has 3 rings (SSSR count). The molecule has 1 fully saturated rings. The summed E-state index contributed by atoms with van der Waals surface area (Å²) >= 11 is 0. The lowest BCUT2D eigenvalue weighted by Gasteiger charge is -2.35. The molecular weight excluding hydrogens is 338 g/mol. The van der Waals surface area contributed by atoms with Crippen molar-refractivity contribution in [3.8, 4) is 11.3 Å². The van der Waals surface area contributed by atoms with Gasteiger partial charge < -0.3 is 10.2 Å². The molecule has 1 aromatic carbocycles. The molecule has 5 nitrogen and oxygen atoms in total. The van der Waals surface area contributed by atoms with E-state index in [1.165, 1.54) is 13.0 Å². The third-order valence-electron chi connectivity index (χ3n) is 4.55. The number of aromatic nitrogens is 2. The van der Waals surface area contributed by atoms with Crippen LogP contribution < -0.4 is 10.2 Å². The van der Waals surface area contributed by atoms with E-state index in [4.69, 9.17) is 0 Å². The summed E-state index contributed by atoms with van der Waals surface area (Å²) in [6.45, 7) is 5.57. The number of halogens is 2. The molecule has 26 heavy (non-hydrogen) atoms. The zero-order valence-corrected chi connectivity index (χ0v) is 15.1. The van der Waals surface area contributed by atoms with Crippen LogP contribution in [0.1, 0.15) is 24.7 Å². The van der Waals surface area contributed by atoms with E-state index in [0.29, 0.717) is 41.4 Å². The summed E-state index contributed by atoms with van der Waals surface area (Å²) in [6.07, 6.45) is -0.679. The Labute approximate surface area is 151 Å². The summed E-state index contributed by atoms with van der Waals surface area (Å²) in [5.74, 6) is 0.628. The SMILES string of the molecule is CC(=O)N[C@H]1CCN(c2cc(-c3ccc(C)c(F)c3)nc(C)n2)C[C@@H]1F. The van der Waals surface area contributed by atoms with Crippen LogP contribution in [0.25, 0.3) is 11.3 Å². The van der Waals surface area contributed by atoms with E-state index in [0.717, 1.165) is 0 Å². The van der Waals surface area contributed by atoms with Crippen molar-refractivity contribution in [1.82, 2.24) is 15.3 Å². The Kier molecular flexibility index (Phi) is 5.15. The molecule has 0 spiro atoms. The maximum Gasteiger partial charge on any atom is 0.217 e. The number of hydrogen-bond acceptors (Lipinski definition) is 4. The van der Waals surface area contributed by atoms with Gasteiger partial charge in [-0.25, -0.2) is 18.7 Å². The lowest BCUT2D eigenvalue weighted by atomic mass is 10.0. The second kappa shape index (κ2) is 7.35. The Morgan fingerprint density at radius 3 is 2.69 bits per heavy atom. The summed E-state index contributed by atoms with van der Waals surface area (Å²) in [5.41, 5.74) is 1.83. The normalized spacial score (nSPS) is 20.1. The van der Waals surface area contributed by atoms with E-state index in [1.807, 2.05) is 11.0 Å². The molecule has 1 aromatic heterocycles. The van der Waals surface area contributed by atoms with Gasteiger partial charge in [0.2, 0.25) is 5.91 Å². The van der Waals surface area contributed by atoms with Crippen LogP contribution in [0.3, 0.4) is 0 Å². The lowest BCUT2D eigenvalue weighted by Crippen LogP contribution is -2.52. The van der Waals surface area contributed by atoms with E-state index >= 15 is 0 Å². The minimum Gasteiger partial charge on any atom is -0.353 e. The molecule has 1 saturated heterocycles. The predicted molar refractivity (Wildman–Crippen MR) is 96.2 cm³/mol. The standard InChI is InChI=1S/C19H22F2N4O/c1-11-4-5-14(8-15(11)20)18-9-19(23-12(2)22-18)25-7-6-17(16(21)10-25)24-13(3)26/h4-5,8-9,16-17H,6-7,10H2,1-3H3,(H,24,26)/t16-,17-/m0/s1. The molecule has 1 N–H and O–H groups in total. The number of aryl methyl sites for hydroxylation is 2. The summed E-state index contributed by atoms with van der Waals surface area (Å²) in [4.78, 5) is 21.8. The highest BCUT2D eigenvalue weighted by Gasteiger charge is 2.30. The largest absolute Gasteiger partial charge is 0.353 e. The molecule has 2 atom stereocenters. The summed E-state index contributed by atoms with van der Waals surface area (Å²) < 4.78 is 28.3. The van der Waals surface area contributed by atoms with Crippen LogP contribution in [0.4, 0.5) is 14.6 Å². The monoisotopic (exact) mass is 360 g/mol. The van der Waals surface area contributed by atoms with Crippen LogP contribution in [0.5, 0.6) is 0 Å². The number of hydrogen-bond donors (Lipinski definition) is 1. The second-order valence-electron chi connectivity index (χ2n) is 6.68. The first-order valence-electron chi connectivity index (χ1n) is 8.62. The summed E-state index contributed by atoms with van der Waals surface area (Å²) in [5, 5.41) is 2.65. The van der Waals surface area contributed by atoms with Gasteiger partial charge in [-0.3, -0.25) is 4.79 Å². The van der Waals surface area contributed by atoms with E-state index in [9.17, 15) is 13.6 Å². The molecule has 1 aliphatic rings. The van der Waals surface area contributed by atoms with Crippen molar-refractivity contribution in [1.29, 1.82) is 0 Å². The number of carbonyl (C=O) groups excluding carboxylic acids is 1. The molecular formula is C19H22F2N4O. The average Bonchev–Trinajstić information content (AvgIpc) is 2.58. The number of nitrogens with one attached hydrogen (secondary N) is 1. The first kappa shape index (κ1) is 18.2. The van der Waals surface area contributed by atoms with Gasteiger partial charge in [-0.2, -0.15) is 0 Å². The Morgan fingerprint density at radius 1 is 1.27 bits per heavy atom. The number of rotatable bonds is 3. The summed E-state index contributed by atoms with van der Waals surface area (Å²) in [6, 6.07) is 6.24. The van der Waals surface area contributed by atoms with Gasteiger partial charge in [0.1, 0.15) is 23.6 Å². The van der Waals surface area contributed by atoms with Crippen LogP contribution in [-0.4, -0.2) is 41.2 Å². The maximum atomic E-state index is 14.4. The van der Waals surface area contributed by atoms with Gasteiger partial charge in [0.25, 0.3) is 0 Å². The summed E-state index contributed by atoms with van der Waals surface area (Å²) in [7, 11) is 0. The van der Waals surface area contributed by atoms with Crippen molar-refractivity contribution in [3.05, 3.63) is 41.5 Å². The van der Waals surface area contributed by atoms with Crippen LogP contribution in [-0.2, 0) is 4.79 Å². The molecule has 0 bridgehead atoms. The van der Waals surface area contributed by atoms with Crippen molar-refractivity contribution < 1.29 is 13.6 Å². The third kappa shape index (κ3) is 3.98. The highest BCUT2D eigenvalue weighted by Crippen LogP contribution is 2.26. The third-order valence-corrected chi connectivity index (χ3v) is 4.55. The molecule has 0 radical (unpaired) electrons. The fraction of sp³-hybridized carbons (Fsp3) is 0.421. The first-order chi connectivity index (χ1) is 12.3. The number of nitrogens with zero attached hydrogens (tertiary/aromatic N) is 3. The Balaban J connectivity index is 1.84. The van der Waals surface area contributed by atoms with E-state index in [-0.39, 0.29) is 18.3 Å². The van der Waals surface area contributed by atoms with Gasteiger partial charge >= 0.3 is 0 Å². The highest BCUT2D eigenvalue weighted by atomic mass is 19.1. The quantitative estimate of drug-likeness (QED) is 0.914. The van der Waals surface area contributed by atoms with Crippen LogP contribution in [0.2, 0.25) is 0 Å². The molecule has 0 aliphatic carbocycles. The predicted octanol–water partition coefficient (Wildman–Crippen LogP) is 2.95. The Hall–Kier alpha value is -2.57. The molecule has 1 amide bonds. The number of benzene rings is 1. The number of carbonyl (C=O) groups is 1. The van der Waals surface area contributed by atoms with Crippen molar-refractivity contribution in [2.24, 2.45) is 0 Å². The minimum atomic E-state index is -1.18. The van der Waals surface area contributed by atoms with Gasteiger partial charge in [-0.15, -0.1) is 0 Å². The fourth-order valence-corrected chi connectivity index (χ4v) is 3.15. The molecule has 0 unspecified atom stereocenters. The van der Waals surface area contributed by atoms with E-state index in [2.05, 4.69) is 15.3 Å². The Bertz CT molecular complexity index is 827. The van der Waals surface area contributed by atoms with Gasteiger partial charge in [0, 0.05) is 25.1 Å². The fourth-order valence-electron chi connectivity index (χ4n) is 3.15. The molecule has 7 heteroatoms.